The zero-order chi connectivity index (χ0) is 14.2. The largest absolute Gasteiger partial charge is 0.371 e. The first-order chi connectivity index (χ1) is 8.95. The molecule has 0 atom stereocenters. The number of hydrogen-bond acceptors (Lipinski definition) is 3. The fraction of sp³-hybridized carbons (Fsp3) is 0.286. The van der Waals surface area contributed by atoms with Crippen LogP contribution in [0.25, 0.3) is 11.3 Å². The highest BCUT2D eigenvalue weighted by atomic mass is 19.2. The Balaban J connectivity index is 2.72. The second-order valence-electron chi connectivity index (χ2n) is 4.40. The predicted octanol–water partition coefficient (Wildman–Crippen LogP) is 3.39. The van der Waals surface area contributed by atoms with Gasteiger partial charge in [-0.3, -0.25) is 0 Å². The summed E-state index contributed by atoms with van der Waals surface area (Å²) in [6.07, 6.45) is 0. The van der Waals surface area contributed by atoms with Crippen molar-refractivity contribution >= 4 is 5.82 Å². The Labute approximate surface area is 110 Å². The highest BCUT2D eigenvalue weighted by molar-refractivity contribution is 5.72. The molecular formula is C14H15F2N3. The lowest BCUT2D eigenvalue weighted by Crippen LogP contribution is -2.04. The van der Waals surface area contributed by atoms with Gasteiger partial charge >= 0.3 is 0 Å². The van der Waals surface area contributed by atoms with Crippen LogP contribution in [-0.2, 0) is 0 Å². The molecule has 0 aliphatic carbocycles. The molecule has 1 N–H and O–H groups in total. The fourth-order valence-corrected chi connectivity index (χ4v) is 1.79. The van der Waals surface area contributed by atoms with E-state index in [-0.39, 0.29) is 11.1 Å². The van der Waals surface area contributed by atoms with E-state index >= 15 is 0 Å². The standard InChI is InChI=1S/C14H15F2N3/c1-7-5-6-10(12(16)11(7)15)13-14(17-4)19-9(3)8(2)18-13/h5-6H,1-4H3,(H,17,19). The number of hydrogen-bond donors (Lipinski definition) is 1. The van der Waals surface area contributed by atoms with E-state index in [1.807, 2.05) is 6.92 Å². The summed E-state index contributed by atoms with van der Waals surface area (Å²) in [5, 5.41) is 2.86. The van der Waals surface area contributed by atoms with Gasteiger partial charge in [0, 0.05) is 12.6 Å². The molecule has 0 fully saturated rings. The SMILES string of the molecule is CNc1nc(C)c(C)nc1-c1ccc(C)c(F)c1F. The number of nitrogens with one attached hydrogen (secondary N) is 1. The van der Waals surface area contributed by atoms with Gasteiger partial charge in [-0.25, -0.2) is 18.7 Å². The molecule has 0 unspecified atom stereocenters. The summed E-state index contributed by atoms with van der Waals surface area (Å²) in [6, 6.07) is 3.05. The van der Waals surface area contributed by atoms with Gasteiger partial charge in [-0.1, -0.05) is 6.07 Å². The zero-order valence-corrected chi connectivity index (χ0v) is 11.3. The molecule has 1 aromatic heterocycles. The van der Waals surface area contributed by atoms with Gasteiger partial charge in [0.2, 0.25) is 0 Å². The Kier molecular flexibility index (Phi) is 3.46. The number of aromatic nitrogens is 2. The maximum Gasteiger partial charge on any atom is 0.168 e. The van der Waals surface area contributed by atoms with Gasteiger partial charge in [0.15, 0.2) is 17.5 Å². The van der Waals surface area contributed by atoms with Gasteiger partial charge in [0.1, 0.15) is 5.69 Å². The molecule has 0 bridgehead atoms. The van der Waals surface area contributed by atoms with Crippen LogP contribution in [0.2, 0.25) is 0 Å². The second-order valence-corrected chi connectivity index (χ2v) is 4.40. The van der Waals surface area contributed by atoms with E-state index in [9.17, 15) is 8.78 Å². The molecule has 2 rings (SSSR count). The van der Waals surface area contributed by atoms with Crippen LogP contribution in [0.4, 0.5) is 14.6 Å². The van der Waals surface area contributed by atoms with Crippen molar-refractivity contribution in [2.45, 2.75) is 20.8 Å². The molecule has 0 spiro atoms. The van der Waals surface area contributed by atoms with Crippen molar-refractivity contribution in [3.05, 3.63) is 40.7 Å². The van der Waals surface area contributed by atoms with Crippen molar-refractivity contribution < 1.29 is 8.78 Å². The normalized spacial score (nSPS) is 10.6. The van der Waals surface area contributed by atoms with Crippen molar-refractivity contribution in [3.8, 4) is 11.3 Å². The van der Waals surface area contributed by atoms with Crippen LogP contribution < -0.4 is 5.32 Å². The van der Waals surface area contributed by atoms with Gasteiger partial charge in [-0.05, 0) is 32.4 Å². The third kappa shape index (κ3) is 2.28. The van der Waals surface area contributed by atoms with E-state index in [1.165, 1.54) is 19.1 Å². The van der Waals surface area contributed by atoms with Crippen molar-refractivity contribution in [3.63, 3.8) is 0 Å². The second kappa shape index (κ2) is 4.91. The maximum absolute atomic E-state index is 14.0. The molecule has 0 saturated heterocycles. The zero-order valence-electron chi connectivity index (χ0n) is 11.3. The topological polar surface area (TPSA) is 37.8 Å². The van der Waals surface area contributed by atoms with Crippen LogP contribution in [0.15, 0.2) is 12.1 Å². The van der Waals surface area contributed by atoms with Crippen LogP contribution in [-0.4, -0.2) is 17.0 Å². The summed E-state index contributed by atoms with van der Waals surface area (Å²) in [6.45, 7) is 5.13. The number of benzene rings is 1. The smallest absolute Gasteiger partial charge is 0.168 e. The Hall–Kier alpha value is -2.04. The highest BCUT2D eigenvalue weighted by Crippen LogP contribution is 2.29. The molecule has 0 saturated carbocycles. The van der Waals surface area contributed by atoms with Crippen LogP contribution in [0, 0.1) is 32.4 Å². The Bertz CT molecular complexity index is 639. The third-order valence-corrected chi connectivity index (χ3v) is 3.07. The molecule has 1 heterocycles. The van der Waals surface area contributed by atoms with Gasteiger partial charge in [0.25, 0.3) is 0 Å². The number of aryl methyl sites for hydroxylation is 3. The Morgan fingerprint density at radius 1 is 0.947 bits per heavy atom. The highest BCUT2D eigenvalue weighted by Gasteiger charge is 2.18. The van der Waals surface area contributed by atoms with E-state index in [4.69, 9.17) is 0 Å². The van der Waals surface area contributed by atoms with Crippen LogP contribution in [0.1, 0.15) is 17.0 Å². The third-order valence-electron chi connectivity index (χ3n) is 3.07. The summed E-state index contributed by atoms with van der Waals surface area (Å²) in [4.78, 5) is 8.61. The number of halogens is 2. The van der Waals surface area contributed by atoms with E-state index < -0.39 is 11.6 Å². The van der Waals surface area contributed by atoms with E-state index in [0.717, 1.165) is 5.69 Å². The van der Waals surface area contributed by atoms with Crippen LogP contribution in [0.3, 0.4) is 0 Å². The van der Waals surface area contributed by atoms with Crippen molar-refractivity contribution in [1.29, 1.82) is 0 Å². The molecule has 0 radical (unpaired) electrons. The van der Waals surface area contributed by atoms with Gasteiger partial charge in [-0.15, -0.1) is 0 Å². The van der Waals surface area contributed by atoms with Crippen LogP contribution >= 0.6 is 0 Å². The molecule has 3 nitrogen and oxygen atoms in total. The fourth-order valence-electron chi connectivity index (χ4n) is 1.79. The summed E-state index contributed by atoms with van der Waals surface area (Å²) >= 11 is 0. The monoisotopic (exact) mass is 263 g/mol. The first kappa shape index (κ1) is 13.4. The quantitative estimate of drug-likeness (QED) is 0.902. The molecule has 2 aromatic rings. The lowest BCUT2D eigenvalue weighted by atomic mass is 10.1. The van der Waals surface area contributed by atoms with E-state index in [0.29, 0.717) is 17.2 Å². The van der Waals surface area contributed by atoms with E-state index in [2.05, 4.69) is 15.3 Å². The molecule has 0 amide bonds. The molecule has 19 heavy (non-hydrogen) atoms. The predicted molar refractivity (Wildman–Crippen MR) is 71.1 cm³/mol. The minimum atomic E-state index is -0.894. The number of nitrogens with zero attached hydrogens (tertiary/aromatic N) is 2. The lowest BCUT2D eigenvalue weighted by molar-refractivity contribution is 0.505. The average molecular weight is 263 g/mol. The van der Waals surface area contributed by atoms with Crippen molar-refractivity contribution in [2.75, 3.05) is 12.4 Å². The first-order valence-corrected chi connectivity index (χ1v) is 5.93. The van der Waals surface area contributed by atoms with Crippen molar-refractivity contribution in [2.24, 2.45) is 0 Å². The van der Waals surface area contributed by atoms with Gasteiger partial charge in [-0.2, -0.15) is 0 Å². The van der Waals surface area contributed by atoms with Gasteiger partial charge < -0.3 is 5.32 Å². The Morgan fingerprint density at radius 2 is 1.58 bits per heavy atom. The molecule has 0 aliphatic rings. The van der Waals surface area contributed by atoms with Gasteiger partial charge in [0.05, 0.1) is 11.4 Å². The molecule has 100 valence electrons. The van der Waals surface area contributed by atoms with Crippen molar-refractivity contribution in [1.82, 2.24) is 9.97 Å². The van der Waals surface area contributed by atoms with E-state index in [1.54, 1.807) is 14.0 Å². The molecule has 5 heteroatoms. The average Bonchev–Trinajstić information content (AvgIpc) is 2.39. The number of rotatable bonds is 2. The summed E-state index contributed by atoms with van der Waals surface area (Å²) in [7, 11) is 1.67. The summed E-state index contributed by atoms with van der Waals surface area (Å²) < 4.78 is 27.7. The minimum Gasteiger partial charge on any atom is -0.371 e. The maximum atomic E-state index is 14.0. The van der Waals surface area contributed by atoms with Crippen LogP contribution in [0.5, 0.6) is 0 Å². The lowest BCUT2D eigenvalue weighted by Gasteiger charge is -2.12. The minimum absolute atomic E-state index is 0.114. The summed E-state index contributed by atoms with van der Waals surface area (Å²) in [5.41, 5.74) is 2.14. The Morgan fingerprint density at radius 3 is 2.21 bits per heavy atom. The molecule has 1 aromatic carbocycles. The molecule has 0 aliphatic heterocycles. The first-order valence-electron chi connectivity index (χ1n) is 5.93. The summed E-state index contributed by atoms with van der Waals surface area (Å²) in [5.74, 6) is -1.31. The number of anilines is 1. The molecular weight excluding hydrogens is 248 g/mol.